The van der Waals surface area contributed by atoms with Crippen LogP contribution in [0.25, 0.3) is 5.76 Å². The molecular formula is C25H27NO4. The van der Waals surface area contributed by atoms with Crippen LogP contribution in [0.3, 0.4) is 0 Å². The fraction of sp³-hybridized carbons (Fsp3) is 0.360. The average molecular weight is 405 g/mol. The number of benzene rings is 2. The van der Waals surface area contributed by atoms with Gasteiger partial charge in [-0.3, -0.25) is 9.59 Å². The Morgan fingerprint density at radius 2 is 1.83 bits per heavy atom. The molecule has 1 fully saturated rings. The second kappa shape index (κ2) is 8.34. The number of aryl methyl sites for hydroxylation is 2. The first-order chi connectivity index (χ1) is 14.6. The molecule has 0 saturated carbocycles. The average Bonchev–Trinajstić information content (AvgIpc) is 3.03. The fourth-order valence-electron chi connectivity index (χ4n) is 4.60. The minimum absolute atomic E-state index is 0.115. The Bertz CT molecular complexity index is 1020. The van der Waals surface area contributed by atoms with Crippen molar-refractivity contribution in [3.63, 3.8) is 0 Å². The van der Waals surface area contributed by atoms with Crippen molar-refractivity contribution in [3.05, 3.63) is 70.3 Å². The molecule has 1 aliphatic carbocycles. The van der Waals surface area contributed by atoms with E-state index < -0.39 is 17.7 Å². The summed E-state index contributed by atoms with van der Waals surface area (Å²) in [5.41, 5.74) is 3.93. The number of amides is 1. The highest BCUT2D eigenvalue weighted by molar-refractivity contribution is 6.46. The lowest BCUT2D eigenvalue weighted by molar-refractivity contribution is -0.139. The predicted octanol–water partition coefficient (Wildman–Crippen LogP) is 4.41. The maximum atomic E-state index is 13.0. The third kappa shape index (κ3) is 3.38. The Balaban J connectivity index is 1.88. The molecule has 2 aromatic carbocycles. The second-order valence-electron chi connectivity index (χ2n) is 7.93. The highest BCUT2D eigenvalue weighted by Gasteiger charge is 2.46. The van der Waals surface area contributed by atoms with Crippen molar-refractivity contribution >= 4 is 17.4 Å². The van der Waals surface area contributed by atoms with Gasteiger partial charge in [-0.05, 0) is 55.4 Å². The second-order valence-corrected chi connectivity index (χ2v) is 7.93. The Kier molecular flexibility index (Phi) is 5.62. The van der Waals surface area contributed by atoms with E-state index in [2.05, 4.69) is 0 Å². The minimum atomic E-state index is -0.669. The van der Waals surface area contributed by atoms with Gasteiger partial charge in [0.25, 0.3) is 11.7 Å². The van der Waals surface area contributed by atoms with Crippen molar-refractivity contribution in [2.45, 2.75) is 45.1 Å². The molecule has 1 atom stereocenters. The molecule has 2 aromatic rings. The van der Waals surface area contributed by atoms with Crippen LogP contribution in [-0.4, -0.2) is 35.4 Å². The van der Waals surface area contributed by atoms with E-state index in [4.69, 9.17) is 4.74 Å². The van der Waals surface area contributed by atoms with Crippen molar-refractivity contribution in [2.75, 3.05) is 13.7 Å². The number of methoxy groups -OCH3 is 1. The van der Waals surface area contributed by atoms with Crippen LogP contribution >= 0.6 is 0 Å². The van der Waals surface area contributed by atoms with Gasteiger partial charge in [0, 0.05) is 17.7 Å². The smallest absolute Gasteiger partial charge is 0.295 e. The van der Waals surface area contributed by atoms with Crippen molar-refractivity contribution in [1.82, 2.24) is 4.90 Å². The third-order valence-corrected chi connectivity index (χ3v) is 6.06. The molecule has 0 bridgehead atoms. The van der Waals surface area contributed by atoms with Gasteiger partial charge in [0.15, 0.2) is 0 Å². The first kappa shape index (κ1) is 20.2. The highest BCUT2D eigenvalue weighted by atomic mass is 16.5. The maximum absolute atomic E-state index is 13.0. The van der Waals surface area contributed by atoms with Gasteiger partial charge in [-0.15, -0.1) is 0 Å². The SMILES string of the molecule is CCCN1C(=O)C(=O)/C(=C(/O)c2ccc3c(c2)CCCC3)C1c1ccccc1OC. The van der Waals surface area contributed by atoms with Gasteiger partial charge in [0.2, 0.25) is 0 Å². The Hall–Kier alpha value is -3.08. The number of nitrogens with zero attached hydrogens (tertiary/aromatic N) is 1. The number of likely N-dealkylation sites (tertiary alicyclic amines) is 1. The van der Waals surface area contributed by atoms with Gasteiger partial charge in [0.1, 0.15) is 11.5 Å². The van der Waals surface area contributed by atoms with Gasteiger partial charge in [-0.25, -0.2) is 0 Å². The molecule has 1 aliphatic heterocycles. The number of aliphatic hydroxyl groups is 1. The topological polar surface area (TPSA) is 66.8 Å². The zero-order chi connectivity index (χ0) is 21.3. The summed E-state index contributed by atoms with van der Waals surface area (Å²) in [5.74, 6) is -0.750. The zero-order valence-corrected chi connectivity index (χ0v) is 17.5. The van der Waals surface area contributed by atoms with E-state index in [9.17, 15) is 14.7 Å². The third-order valence-electron chi connectivity index (χ3n) is 6.06. The Morgan fingerprint density at radius 3 is 2.57 bits per heavy atom. The van der Waals surface area contributed by atoms with Crippen LogP contribution in [0, 0.1) is 0 Å². The van der Waals surface area contributed by atoms with Crippen LogP contribution in [-0.2, 0) is 22.4 Å². The number of rotatable bonds is 5. The quantitative estimate of drug-likeness (QED) is 0.455. The van der Waals surface area contributed by atoms with E-state index in [-0.39, 0.29) is 11.3 Å². The van der Waals surface area contributed by atoms with Crippen LogP contribution in [0.1, 0.15) is 54.5 Å². The molecule has 30 heavy (non-hydrogen) atoms. The largest absolute Gasteiger partial charge is 0.507 e. The summed E-state index contributed by atoms with van der Waals surface area (Å²) in [6.07, 6.45) is 5.01. The zero-order valence-electron chi connectivity index (χ0n) is 17.5. The molecule has 2 aliphatic rings. The van der Waals surface area contributed by atoms with Gasteiger partial charge in [0.05, 0.1) is 18.7 Å². The molecule has 1 amide bonds. The Labute approximate surface area is 177 Å². The van der Waals surface area contributed by atoms with Crippen LogP contribution < -0.4 is 4.74 Å². The van der Waals surface area contributed by atoms with Gasteiger partial charge < -0.3 is 14.7 Å². The summed E-state index contributed by atoms with van der Waals surface area (Å²) in [4.78, 5) is 27.4. The molecule has 0 spiro atoms. The number of hydrogen-bond donors (Lipinski definition) is 1. The molecule has 1 N–H and O–H groups in total. The summed E-state index contributed by atoms with van der Waals surface area (Å²) in [6.45, 7) is 2.39. The summed E-state index contributed by atoms with van der Waals surface area (Å²) in [5, 5.41) is 11.2. The van der Waals surface area contributed by atoms with E-state index in [1.807, 2.05) is 43.3 Å². The van der Waals surface area contributed by atoms with E-state index >= 15 is 0 Å². The number of aliphatic hydroxyl groups excluding tert-OH is 1. The van der Waals surface area contributed by atoms with Crippen molar-refractivity contribution in [3.8, 4) is 5.75 Å². The number of Topliss-reactive ketones (excluding diaryl/α,β-unsaturated/α-hetero) is 1. The number of ketones is 1. The lowest BCUT2D eigenvalue weighted by Gasteiger charge is -2.26. The van der Waals surface area contributed by atoms with E-state index in [1.54, 1.807) is 18.1 Å². The summed E-state index contributed by atoms with van der Waals surface area (Å²) in [7, 11) is 1.56. The summed E-state index contributed by atoms with van der Waals surface area (Å²) < 4.78 is 5.51. The molecule has 5 nitrogen and oxygen atoms in total. The Morgan fingerprint density at radius 1 is 1.10 bits per heavy atom. The summed E-state index contributed by atoms with van der Waals surface area (Å²) >= 11 is 0. The lowest BCUT2D eigenvalue weighted by atomic mass is 9.88. The maximum Gasteiger partial charge on any atom is 0.295 e. The van der Waals surface area contributed by atoms with Gasteiger partial charge >= 0.3 is 0 Å². The van der Waals surface area contributed by atoms with Crippen LogP contribution in [0.2, 0.25) is 0 Å². The van der Waals surface area contributed by atoms with Crippen LogP contribution in [0.4, 0.5) is 0 Å². The molecular weight excluding hydrogens is 378 g/mol. The first-order valence-corrected chi connectivity index (χ1v) is 10.6. The van der Waals surface area contributed by atoms with Crippen LogP contribution in [0.15, 0.2) is 48.0 Å². The number of ether oxygens (including phenoxy) is 1. The highest BCUT2D eigenvalue weighted by Crippen LogP contribution is 2.42. The minimum Gasteiger partial charge on any atom is -0.507 e. The van der Waals surface area contributed by atoms with Gasteiger partial charge in [-0.1, -0.05) is 37.3 Å². The van der Waals surface area contributed by atoms with E-state index in [0.29, 0.717) is 29.8 Å². The van der Waals surface area contributed by atoms with Crippen LogP contribution in [0.5, 0.6) is 5.75 Å². The molecule has 0 radical (unpaired) electrons. The number of para-hydroxylation sites is 1. The lowest BCUT2D eigenvalue weighted by Crippen LogP contribution is -2.30. The van der Waals surface area contributed by atoms with Crippen molar-refractivity contribution in [1.29, 1.82) is 0 Å². The number of hydrogen-bond acceptors (Lipinski definition) is 4. The number of carbonyl (C=O) groups excluding carboxylic acids is 2. The molecule has 5 heteroatoms. The molecule has 1 unspecified atom stereocenters. The number of carbonyl (C=O) groups is 2. The molecule has 1 heterocycles. The molecule has 1 saturated heterocycles. The predicted molar refractivity (Wildman–Crippen MR) is 115 cm³/mol. The van der Waals surface area contributed by atoms with Crippen molar-refractivity contribution < 1.29 is 19.4 Å². The summed E-state index contributed by atoms with van der Waals surface area (Å²) in [6, 6.07) is 12.5. The first-order valence-electron chi connectivity index (χ1n) is 10.6. The van der Waals surface area contributed by atoms with Gasteiger partial charge in [-0.2, -0.15) is 0 Å². The normalized spacial score (nSPS) is 20.3. The van der Waals surface area contributed by atoms with E-state index in [0.717, 1.165) is 19.3 Å². The number of fused-ring (bicyclic) bond motifs is 1. The molecule has 4 rings (SSSR count). The monoisotopic (exact) mass is 405 g/mol. The van der Waals surface area contributed by atoms with Crippen molar-refractivity contribution in [2.24, 2.45) is 0 Å². The molecule has 156 valence electrons. The fourth-order valence-corrected chi connectivity index (χ4v) is 4.60. The molecule has 0 aromatic heterocycles. The standard InChI is InChI=1S/C25H27NO4/c1-3-14-26-22(19-10-6-7-11-20(19)30-2)21(24(28)25(26)29)23(27)18-13-12-16-8-4-5-9-17(16)15-18/h6-7,10-13,15,22,27H,3-5,8-9,14H2,1-2H3/b23-21+. The van der Waals surface area contributed by atoms with E-state index in [1.165, 1.54) is 17.5 Å².